The van der Waals surface area contributed by atoms with E-state index in [2.05, 4.69) is 18.5 Å². The van der Waals surface area contributed by atoms with Gasteiger partial charge in [-0.2, -0.15) is 0 Å². The number of amides is 2. The molecular formula is C7H15N3O2. The fraction of sp³-hybridized carbons (Fsp3) is 0.429. The summed E-state index contributed by atoms with van der Waals surface area (Å²) < 4.78 is 0. The lowest BCUT2D eigenvalue weighted by molar-refractivity contribution is -0.118. The second kappa shape index (κ2) is 7.74. The Balaban J connectivity index is 0. The van der Waals surface area contributed by atoms with Crippen LogP contribution < -0.4 is 16.8 Å². The highest BCUT2D eigenvalue weighted by molar-refractivity contribution is 5.82. The number of primary amides is 1. The lowest BCUT2D eigenvalue weighted by atomic mass is 10.2. The van der Waals surface area contributed by atoms with E-state index in [4.69, 9.17) is 11.5 Å². The van der Waals surface area contributed by atoms with Crippen molar-refractivity contribution in [1.29, 1.82) is 0 Å². The van der Waals surface area contributed by atoms with Gasteiger partial charge in [0.05, 0.1) is 6.04 Å². The molecule has 12 heavy (non-hydrogen) atoms. The van der Waals surface area contributed by atoms with Gasteiger partial charge in [0.2, 0.25) is 0 Å². The number of ketones is 1. The van der Waals surface area contributed by atoms with Crippen molar-refractivity contribution >= 4 is 11.8 Å². The molecule has 0 aliphatic rings. The van der Waals surface area contributed by atoms with E-state index in [1.54, 1.807) is 0 Å². The Kier molecular flexibility index (Phi) is 8.55. The number of carbonyl (C=O) groups excluding carboxylic acids is 2. The van der Waals surface area contributed by atoms with Gasteiger partial charge in [0, 0.05) is 6.54 Å². The topological polar surface area (TPSA) is 98.2 Å². The molecule has 0 aliphatic carbocycles. The maximum Gasteiger partial charge on any atom is 0.312 e. The van der Waals surface area contributed by atoms with Gasteiger partial charge in [0.1, 0.15) is 5.78 Å². The van der Waals surface area contributed by atoms with Crippen LogP contribution in [0.15, 0.2) is 13.2 Å². The summed E-state index contributed by atoms with van der Waals surface area (Å²) in [6.07, 6.45) is 0. The molecule has 0 aromatic rings. The molecular weight excluding hydrogens is 158 g/mol. The van der Waals surface area contributed by atoms with E-state index in [-0.39, 0.29) is 12.3 Å². The number of Topliss-reactive ketones (excluding diaryl/α,β-unsaturated/α-hetero) is 1. The maximum absolute atomic E-state index is 10.4. The standard InChI is InChI=1S/C5H11N3O2.C2H4/c1-3(9)4(6)2-8-5(7)10;1-2/h4H,2,6H2,1H3,(H3,7,8,10);1-2H2. The molecule has 0 rings (SSSR count). The lowest BCUT2D eigenvalue weighted by Crippen LogP contribution is -2.43. The number of nitrogens with one attached hydrogen (secondary N) is 1. The molecule has 5 N–H and O–H groups in total. The zero-order chi connectivity index (χ0) is 10.1. The van der Waals surface area contributed by atoms with E-state index in [0.717, 1.165) is 0 Å². The predicted octanol–water partition coefficient (Wildman–Crippen LogP) is -0.627. The fourth-order valence-electron chi connectivity index (χ4n) is 0.354. The second-order valence-corrected chi connectivity index (χ2v) is 1.96. The van der Waals surface area contributed by atoms with Crippen molar-refractivity contribution in [2.45, 2.75) is 13.0 Å². The normalized spacial score (nSPS) is 10.5. The minimum atomic E-state index is -0.670. The van der Waals surface area contributed by atoms with Crippen molar-refractivity contribution < 1.29 is 9.59 Å². The first-order valence-corrected chi connectivity index (χ1v) is 3.33. The Labute approximate surface area is 71.8 Å². The molecule has 0 fully saturated rings. The number of nitrogens with two attached hydrogens (primary N) is 2. The van der Waals surface area contributed by atoms with Crippen LogP contribution in [0.5, 0.6) is 0 Å². The van der Waals surface area contributed by atoms with Crippen LogP contribution in [-0.4, -0.2) is 24.4 Å². The molecule has 5 heteroatoms. The van der Waals surface area contributed by atoms with E-state index in [1.165, 1.54) is 6.92 Å². The Morgan fingerprint density at radius 1 is 1.50 bits per heavy atom. The largest absolute Gasteiger partial charge is 0.352 e. The number of urea groups is 1. The van der Waals surface area contributed by atoms with Gasteiger partial charge in [0.25, 0.3) is 0 Å². The Bertz CT molecular complexity index is 159. The van der Waals surface area contributed by atoms with Crippen molar-refractivity contribution in [3.63, 3.8) is 0 Å². The van der Waals surface area contributed by atoms with Gasteiger partial charge in [-0.15, -0.1) is 13.2 Å². The summed E-state index contributed by atoms with van der Waals surface area (Å²) in [7, 11) is 0. The third kappa shape index (κ3) is 8.64. The molecule has 0 aromatic heterocycles. The monoisotopic (exact) mass is 173 g/mol. The van der Waals surface area contributed by atoms with Crippen molar-refractivity contribution in [2.24, 2.45) is 11.5 Å². The second-order valence-electron chi connectivity index (χ2n) is 1.96. The van der Waals surface area contributed by atoms with Crippen LogP contribution in [0, 0.1) is 0 Å². The highest BCUT2D eigenvalue weighted by Gasteiger charge is 2.07. The van der Waals surface area contributed by atoms with Crippen LogP contribution in [0.4, 0.5) is 4.79 Å². The molecule has 70 valence electrons. The molecule has 0 aliphatic heterocycles. The SMILES string of the molecule is C=C.CC(=O)C(N)CNC(N)=O. The quantitative estimate of drug-likeness (QED) is 0.496. The molecule has 1 atom stereocenters. The minimum absolute atomic E-state index is 0.102. The Hall–Kier alpha value is -1.36. The predicted molar refractivity (Wildman–Crippen MR) is 47.5 cm³/mol. The summed E-state index contributed by atoms with van der Waals surface area (Å²) in [5, 5.41) is 2.22. The van der Waals surface area contributed by atoms with Crippen LogP contribution in [0.3, 0.4) is 0 Å². The number of hydrogen-bond acceptors (Lipinski definition) is 3. The average Bonchev–Trinajstić information content (AvgIpc) is 2.03. The van der Waals surface area contributed by atoms with E-state index in [0.29, 0.717) is 0 Å². The van der Waals surface area contributed by atoms with Gasteiger partial charge < -0.3 is 16.8 Å². The number of rotatable bonds is 3. The van der Waals surface area contributed by atoms with E-state index < -0.39 is 12.1 Å². The molecule has 0 spiro atoms. The van der Waals surface area contributed by atoms with Crippen LogP contribution in [0.25, 0.3) is 0 Å². The van der Waals surface area contributed by atoms with Crippen molar-refractivity contribution in [3.8, 4) is 0 Å². The first-order chi connectivity index (χ1) is 5.54. The van der Waals surface area contributed by atoms with Gasteiger partial charge in [-0.3, -0.25) is 4.79 Å². The molecule has 0 aromatic carbocycles. The highest BCUT2D eigenvalue weighted by atomic mass is 16.2. The lowest BCUT2D eigenvalue weighted by Gasteiger charge is -2.06. The summed E-state index contributed by atoms with van der Waals surface area (Å²) in [6.45, 7) is 7.46. The van der Waals surface area contributed by atoms with Gasteiger partial charge >= 0.3 is 6.03 Å². The maximum atomic E-state index is 10.4. The molecule has 0 saturated heterocycles. The van der Waals surface area contributed by atoms with Gasteiger partial charge in [-0.1, -0.05) is 0 Å². The molecule has 0 saturated carbocycles. The van der Waals surface area contributed by atoms with Crippen LogP contribution in [0.2, 0.25) is 0 Å². The fourth-order valence-corrected chi connectivity index (χ4v) is 0.354. The van der Waals surface area contributed by atoms with E-state index in [9.17, 15) is 9.59 Å². The Morgan fingerprint density at radius 3 is 2.17 bits per heavy atom. The summed E-state index contributed by atoms with van der Waals surface area (Å²) in [4.78, 5) is 20.5. The Morgan fingerprint density at radius 2 is 1.92 bits per heavy atom. The van der Waals surface area contributed by atoms with Crippen LogP contribution >= 0.6 is 0 Å². The molecule has 0 heterocycles. The molecule has 1 unspecified atom stereocenters. The number of carbonyl (C=O) groups is 2. The van der Waals surface area contributed by atoms with Crippen molar-refractivity contribution in [2.75, 3.05) is 6.54 Å². The zero-order valence-electron chi connectivity index (χ0n) is 7.17. The van der Waals surface area contributed by atoms with Crippen LogP contribution in [0.1, 0.15) is 6.92 Å². The zero-order valence-corrected chi connectivity index (χ0v) is 7.17. The summed E-state index contributed by atoms with van der Waals surface area (Å²) in [5.74, 6) is -0.172. The first kappa shape index (κ1) is 13.2. The molecule has 0 bridgehead atoms. The summed E-state index contributed by atoms with van der Waals surface area (Å²) >= 11 is 0. The first-order valence-electron chi connectivity index (χ1n) is 3.33. The smallest absolute Gasteiger partial charge is 0.312 e. The van der Waals surface area contributed by atoms with Gasteiger partial charge in [-0.05, 0) is 6.92 Å². The summed E-state index contributed by atoms with van der Waals surface area (Å²) in [6, 6.07) is -1.32. The minimum Gasteiger partial charge on any atom is -0.352 e. The summed E-state index contributed by atoms with van der Waals surface area (Å²) in [5.41, 5.74) is 9.97. The van der Waals surface area contributed by atoms with E-state index >= 15 is 0 Å². The molecule has 5 nitrogen and oxygen atoms in total. The highest BCUT2D eigenvalue weighted by Crippen LogP contribution is 1.76. The third-order valence-corrected chi connectivity index (χ3v) is 1.02. The average molecular weight is 173 g/mol. The molecule has 0 radical (unpaired) electrons. The third-order valence-electron chi connectivity index (χ3n) is 1.02. The van der Waals surface area contributed by atoms with Crippen LogP contribution in [-0.2, 0) is 4.79 Å². The van der Waals surface area contributed by atoms with Crippen molar-refractivity contribution in [3.05, 3.63) is 13.2 Å². The number of hydrogen-bond donors (Lipinski definition) is 3. The van der Waals surface area contributed by atoms with Crippen molar-refractivity contribution in [1.82, 2.24) is 5.32 Å². The van der Waals surface area contributed by atoms with E-state index in [1.807, 2.05) is 0 Å². The van der Waals surface area contributed by atoms with Gasteiger partial charge in [-0.25, -0.2) is 4.79 Å². The van der Waals surface area contributed by atoms with Gasteiger partial charge in [0.15, 0.2) is 0 Å². The molecule has 2 amide bonds.